The monoisotopic (exact) mass is 328 g/mol. The average molecular weight is 328 g/mol. The van der Waals surface area contributed by atoms with Crippen LogP contribution in [0.25, 0.3) is 6.08 Å². The molecule has 2 amide bonds. The molecule has 1 aromatic carbocycles. The molecule has 2 aromatic rings. The molecular weight excluding hydrogens is 312 g/mol. The SMILES string of the molecule is CC(=O)Nc1ccc(NC(=O)COC(=O)C=Cc2ccco2)cc1. The zero-order valence-electron chi connectivity index (χ0n) is 12.9. The Morgan fingerprint density at radius 2 is 1.75 bits per heavy atom. The van der Waals surface area contributed by atoms with E-state index in [0.717, 1.165) is 0 Å². The van der Waals surface area contributed by atoms with Crippen LogP contribution in [0, 0.1) is 0 Å². The number of hydrogen-bond donors (Lipinski definition) is 2. The molecule has 0 bridgehead atoms. The van der Waals surface area contributed by atoms with Crippen LogP contribution in [0.15, 0.2) is 53.2 Å². The van der Waals surface area contributed by atoms with Crippen molar-refractivity contribution in [2.75, 3.05) is 17.2 Å². The van der Waals surface area contributed by atoms with E-state index < -0.39 is 18.5 Å². The average Bonchev–Trinajstić information content (AvgIpc) is 3.06. The quantitative estimate of drug-likeness (QED) is 0.627. The van der Waals surface area contributed by atoms with E-state index in [-0.39, 0.29) is 5.91 Å². The van der Waals surface area contributed by atoms with Crippen molar-refractivity contribution in [2.24, 2.45) is 0 Å². The highest BCUT2D eigenvalue weighted by Gasteiger charge is 2.06. The normalized spacial score (nSPS) is 10.4. The molecule has 0 atom stereocenters. The van der Waals surface area contributed by atoms with E-state index in [0.29, 0.717) is 17.1 Å². The second-order valence-electron chi connectivity index (χ2n) is 4.76. The molecule has 0 aliphatic carbocycles. The van der Waals surface area contributed by atoms with Crippen LogP contribution in [0.5, 0.6) is 0 Å². The summed E-state index contributed by atoms with van der Waals surface area (Å²) in [5.74, 6) is -0.790. The van der Waals surface area contributed by atoms with Crippen molar-refractivity contribution in [3.63, 3.8) is 0 Å². The first-order valence-electron chi connectivity index (χ1n) is 7.09. The molecule has 2 rings (SSSR count). The first-order valence-corrected chi connectivity index (χ1v) is 7.09. The molecule has 0 aliphatic heterocycles. The van der Waals surface area contributed by atoms with Gasteiger partial charge in [-0.3, -0.25) is 9.59 Å². The molecule has 1 aromatic heterocycles. The minimum Gasteiger partial charge on any atom is -0.465 e. The van der Waals surface area contributed by atoms with Gasteiger partial charge in [-0.05, 0) is 42.5 Å². The molecule has 0 saturated heterocycles. The Morgan fingerprint density at radius 3 is 2.33 bits per heavy atom. The van der Waals surface area contributed by atoms with Crippen LogP contribution in [0.1, 0.15) is 12.7 Å². The van der Waals surface area contributed by atoms with E-state index in [4.69, 9.17) is 9.15 Å². The van der Waals surface area contributed by atoms with E-state index in [1.54, 1.807) is 36.4 Å². The lowest BCUT2D eigenvalue weighted by Crippen LogP contribution is -2.20. The number of esters is 1. The first kappa shape index (κ1) is 17.0. The van der Waals surface area contributed by atoms with Crippen LogP contribution in [0.4, 0.5) is 11.4 Å². The van der Waals surface area contributed by atoms with Gasteiger partial charge < -0.3 is 19.8 Å². The molecule has 0 spiro atoms. The fraction of sp³-hybridized carbons (Fsp3) is 0.118. The third kappa shape index (κ3) is 5.80. The lowest BCUT2D eigenvalue weighted by molar-refractivity contribution is -0.142. The Morgan fingerprint density at radius 1 is 1.08 bits per heavy atom. The molecule has 7 heteroatoms. The Hall–Kier alpha value is -3.35. The molecule has 0 aliphatic rings. The minimum atomic E-state index is -0.650. The van der Waals surface area contributed by atoms with Gasteiger partial charge in [0.2, 0.25) is 5.91 Å². The summed E-state index contributed by atoms with van der Waals surface area (Å²) >= 11 is 0. The number of benzene rings is 1. The summed E-state index contributed by atoms with van der Waals surface area (Å²) in [5, 5.41) is 5.19. The maximum absolute atomic E-state index is 11.7. The molecule has 1 heterocycles. The van der Waals surface area contributed by atoms with Crippen molar-refractivity contribution in [3.8, 4) is 0 Å². The lowest BCUT2D eigenvalue weighted by atomic mass is 10.2. The summed E-state index contributed by atoms with van der Waals surface area (Å²) in [6, 6.07) is 9.92. The molecule has 0 fully saturated rings. The van der Waals surface area contributed by atoms with Gasteiger partial charge in [0.05, 0.1) is 6.26 Å². The molecule has 0 radical (unpaired) electrons. The van der Waals surface area contributed by atoms with Crippen LogP contribution in [0.2, 0.25) is 0 Å². The van der Waals surface area contributed by atoms with Gasteiger partial charge in [-0.25, -0.2) is 4.79 Å². The van der Waals surface area contributed by atoms with Crippen LogP contribution in [-0.2, 0) is 19.1 Å². The first-order chi connectivity index (χ1) is 11.5. The number of ether oxygens (including phenoxy) is 1. The van der Waals surface area contributed by atoms with Gasteiger partial charge in [0.1, 0.15) is 5.76 Å². The molecule has 24 heavy (non-hydrogen) atoms. The molecule has 124 valence electrons. The van der Waals surface area contributed by atoms with Crippen molar-refractivity contribution in [3.05, 3.63) is 54.5 Å². The van der Waals surface area contributed by atoms with E-state index in [1.807, 2.05) is 0 Å². The minimum absolute atomic E-state index is 0.179. The van der Waals surface area contributed by atoms with Gasteiger partial charge in [0.15, 0.2) is 6.61 Å². The summed E-state index contributed by atoms with van der Waals surface area (Å²) in [7, 11) is 0. The van der Waals surface area contributed by atoms with Gasteiger partial charge >= 0.3 is 5.97 Å². The summed E-state index contributed by atoms with van der Waals surface area (Å²) < 4.78 is 9.84. The third-order valence-electron chi connectivity index (χ3n) is 2.76. The van der Waals surface area contributed by atoms with Gasteiger partial charge in [0, 0.05) is 24.4 Å². The second kappa shape index (κ2) is 8.33. The van der Waals surface area contributed by atoms with Crippen molar-refractivity contribution in [1.29, 1.82) is 0 Å². The number of hydrogen-bond acceptors (Lipinski definition) is 5. The van der Waals surface area contributed by atoms with Crippen molar-refractivity contribution in [1.82, 2.24) is 0 Å². The van der Waals surface area contributed by atoms with E-state index in [2.05, 4.69) is 10.6 Å². The van der Waals surface area contributed by atoms with Crippen molar-refractivity contribution < 1.29 is 23.5 Å². The van der Waals surface area contributed by atoms with Crippen LogP contribution in [-0.4, -0.2) is 24.4 Å². The number of anilines is 2. The van der Waals surface area contributed by atoms with Gasteiger partial charge in [-0.1, -0.05) is 0 Å². The molecule has 7 nitrogen and oxygen atoms in total. The second-order valence-corrected chi connectivity index (χ2v) is 4.76. The maximum Gasteiger partial charge on any atom is 0.331 e. The molecular formula is C17H16N2O5. The number of amides is 2. The summed E-state index contributed by atoms with van der Waals surface area (Å²) in [5.41, 5.74) is 1.14. The smallest absolute Gasteiger partial charge is 0.331 e. The van der Waals surface area contributed by atoms with E-state index in [9.17, 15) is 14.4 Å². The van der Waals surface area contributed by atoms with Gasteiger partial charge in [0.25, 0.3) is 5.91 Å². The fourth-order valence-corrected chi connectivity index (χ4v) is 1.76. The number of carbonyl (C=O) groups excluding carboxylic acids is 3. The predicted octanol–water partition coefficient (Wildman–Crippen LogP) is 2.43. The largest absolute Gasteiger partial charge is 0.465 e. The number of carbonyl (C=O) groups is 3. The molecule has 2 N–H and O–H groups in total. The van der Waals surface area contributed by atoms with Crippen LogP contribution >= 0.6 is 0 Å². The zero-order chi connectivity index (χ0) is 17.4. The Bertz CT molecular complexity index is 733. The highest BCUT2D eigenvalue weighted by Crippen LogP contribution is 2.13. The van der Waals surface area contributed by atoms with Crippen LogP contribution < -0.4 is 10.6 Å². The topological polar surface area (TPSA) is 97.6 Å². The summed E-state index contributed by atoms with van der Waals surface area (Å²) in [4.78, 5) is 34.1. The van der Waals surface area contributed by atoms with Gasteiger partial charge in [-0.2, -0.15) is 0 Å². The van der Waals surface area contributed by atoms with Crippen molar-refractivity contribution in [2.45, 2.75) is 6.92 Å². The third-order valence-corrected chi connectivity index (χ3v) is 2.76. The highest BCUT2D eigenvalue weighted by molar-refractivity contribution is 5.95. The zero-order valence-corrected chi connectivity index (χ0v) is 12.9. The number of furan rings is 1. The summed E-state index contributed by atoms with van der Waals surface area (Å²) in [6.07, 6.45) is 4.10. The van der Waals surface area contributed by atoms with Crippen LogP contribution in [0.3, 0.4) is 0 Å². The van der Waals surface area contributed by atoms with E-state index >= 15 is 0 Å². The Balaban J connectivity index is 1.76. The number of rotatable bonds is 6. The standard InChI is InChI=1S/C17H16N2O5/c1-12(20)18-13-4-6-14(7-5-13)19-16(21)11-24-17(22)9-8-15-3-2-10-23-15/h2-10H,11H2,1H3,(H,18,20)(H,19,21). The number of nitrogens with one attached hydrogen (secondary N) is 2. The fourth-order valence-electron chi connectivity index (χ4n) is 1.76. The predicted molar refractivity (Wildman–Crippen MR) is 88.1 cm³/mol. The summed E-state index contributed by atoms with van der Waals surface area (Å²) in [6.45, 7) is 0.999. The Kier molecular flexibility index (Phi) is 5.90. The lowest BCUT2D eigenvalue weighted by Gasteiger charge is -2.07. The molecule has 0 unspecified atom stereocenters. The van der Waals surface area contributed by atoms with Gasteiger partial charge in [-0.15, -0.1) is 0 Å². The highest BCUT2D eigenvalue weighted by atomic mass is 16.5. The molecule has 0 saturated carbocycles. The van der Waals surface area contributed by atoms with Crippen molar-refractivity contribution >= 4 is 35.2 Å². The van der Waals surface area contributed by atoms with E-state index in [1.165, 1.54) is 25.3 Å². The Labute approximate surface area is 138 Å². The maximum atomic E-state index is 11.7.